The van der Waals surface area contributed by atoms with E-state index >= 15 is 0 Å². The zero-order valence-corrected chi connectivity index (χ0v) is 9.20. The molecular formula is C11H19N3. The van der Waals surface area contributed by atoms with E-state index in [1.807, 2.05) is 19.2 Å². The Kier molecular flexibility index (Phi) is 4.01. The second-order valence-electron chi connectivity index (χ2n) is 3.90. The largest absolute Gasteiger partial charge is 0.328 e. The predicted molar refractivity (Wildman–Crippen MR) is 58.1 cm³/mol. The normalized spacial score (nSPS) is 15.1. The van der Waals surface area contributed by atoms with E-state index in [1.165, 1.54) is 0 Å². The van der Waals surface area contributed by atoms with Crippen LogP contribution in [0.3, 0.4) is 0 Å². The van der Waals surface area contributed by atoms with Crippen molar-refractivity contribution < 1.29 is 0 Å². The van der Waals surface area contributed by atoms with E-state index in [1.54, 1.807) is 0 Å². The van der Waals surface area contributed by atoms with Gasteiger partial charge in [-0.15, -0.1) is 0 Å². The van der Waals surface area contributed by atoms with Crippen LogP contribution in [0.5, 0.6) is 0 Å². The molecule has 0 saturated carbocycles. The van der Waals surface area contributed by atoms with Gasteiger partial charge in [0.05, 0.1) is 0 Å². The Morgan fingerprint density at radius 2 is 2.14 bits per heavy atom. The maximum atomic E-state index is 5.72. The number of hydrogen-bond acceptors (Lipinski definition) is 3. The summed E-state index contributed by atoms with van der Waals surface area (Å²) in [5.74, 6) is 1.37. The SMILES string of the molecule is CCC(C)c1nccc(CC(C)N)n1. The van der Waals surface area contributed by atoms with E-state index in [2.05, 4.69) is 23.8 Å². The molecule has 1 aromatic rings. The summed E-state index contributed by atoms with van der Waals surface area (Å²) in [4.78, 5) is 8.76. The fourth-order valence-electron chi connectivity index (χ4n) is 1.28. The first kappa shape index (κ1) is 11.1. The summed E-state index contributed by atoms with van der Waals surface area (Å²) in [5, 5.41) is 0. The Balaban J connectivity index is 2.78. The highest BCUT2D eigenvalue weighted by molar-refractivity contribution is 5.06. The summed E-state index contributed by atoms with van der Waals surface area (Å²) in [5.41, 5.74) is 6.77. The van der Waals surface area contributed by atoms with Gasteiger partial charge in [0.2, 0.25) is 0 Å². The van der Waals surface area contributed by atoms with Crippen LogP contribution in [-0.4, -0.2) is 16.0 Å². The van der Waals surface area contributed by atoms with Gasteiger partial charge in [0.15, 0.2) is 0 Å². The van der Waals surface area contributed by atoms with Gasteiger partial charge >= 0.3 is 0 Å². The van der Waals surface area contributed by atoms with Crippen molar-refractivity contribution in [2.75, 3.05) is 0 Å². The van der Waals surface area contributed by atoms with E-state index in [4.69, 9.17) is 5.73 Å². The highest BCUT2D eigenvalue weighted by Gasteiger charge is 2.07. The van der Waals surface area contributed by atoms with Crippen LogP contribution in [0.25, 0.3) is 0 Å². The maximum absolute atomic E-state index is 5.72. The van der Waals surface area contributed by atoms with Crippen molar-refractivity contribution in [2.45, 2.75) is 45.6 Å². The molecule has 1 aromatic heterocycles. The summed E-state index contributed by atoms with van der Waals surface area (Å²) in [6.45, 7) is 6.28. The zero-order chi connectivity index (χ0) is 10.6. The number of aromatic nitrogens is 2. The molecule has 14 heavy (non-hydrogen) atoms. The Bertz CT molecular complexity index is 284. The van der Waals surface area contributed by atoms with Crippen molar-refractivity contribution in [1.29, 1.82) is 0 Å². The molecular weight excluding hydrogens is 174 g/mol. The molecule has 0 aliphatic rings. The molecule has 0 aliphatic heterocycles. The minimum Gasteiger partial charge on any atom is -0.328 e. The molecule has 78 valence electrons. The van der Waals surface area contributed by atoms with E-state index < -0.39 is 0 Å². The molecule has 0 amide bonds. The third-order valence-electron chi connectivity index (χ3n) is 2.32. The second kappa shape index (κ2) is 5.05. The van der Waals surface area contributed by atoms with Crippen molar-refractivity contribution in [3.05, 3.63) is 23.8 Å². The standard InChI is InChI=1S/C11H19N3/c1-4-8(2)11-13-6-5-10(14-11)7-9(3)12/h5-6,8-9H,4,7,12H2,1-3H3. The molecule has 0 fully saturated rings. The summed E-state index contributed by atoms with van der Waals surface area (Å²) in [6, 6.07) is 2.10. The van der Waals surface area contributed by atoms with Gasteiger partial charge in [0, 0.05) is 30.3 Å². The Hall–Kier alpha value is -0.960. The fraction of sp³-hybridized carbons (Fsp3) is 0.636. The molecule has 0 saturated heterocycles. The molecule has 0 bridgehead atoms. The second-order valence-corrected chi connectivity index (χ2v) is 3.90. The molecule has 0 spiro atoms. The van der Waals surface area contributed by atoms with Crippen LogP contribution in [0.4, 0.5) is 0 Å². The number of nitrogens with zero attached hydrogens (tertiary/aromatic N) is 2. The molecule has 3 nitrogen and oxygen atoms in total. The molecule has 1 heterocycles. The first-order valence-corrected chi connectivity index (χ1v) is 5.20. The third kappa shape index (κ3) is 3.07. The van der Waals surface area contributed by atoms with E-state index in [-0.39, 0.29) is 6.04 Å². The molecule has 0 aliphatic carbocycles. The molecule has 1 rings (SSSR count). The lowest BCUT2D eigenvalue weighted by Gasteiger charge is -2.09. The summed E-state index contributed by atoms with van der Waals surface area (Å²) in [6.07, 6.45) is 3.72. The van der Waals surface area contributed by atoms with Crippen LogP contribution >= 0.6 is 0 Å². The van der Waals surface area contributed by atoms with Gasteiger partial charge in [-0.25, -0.2) is 9.97 Å². The lowest BCUT2D eigenvalue weighted by molar-refractivity contribution is 0.655. The van der Waals surface area contributed by atoms with Crippen LogP contribution < -0.4 is 5.73 Å². The van der Waals surface area contributed by atoms with Gasteiger partial charge in [-0.2, -0.15) is 0 Å². The summed E-state index contributed by atoms with van der Waals surface area (Å²) in [7, 11) is 0. The average Bonchev–Trinajstić information content (AvgIpc) is 2.16. The van der Waals surface area contributed by atoms with Crippen molar-refractivity contribution in [3.63, 3.8) is 0 Å². The fourth-order valence-corrected chi connectivity index (χ4v) is 1.28. The lowest BCUT2D eigenvalue weighted by Crippen LogP contribution is -2.19. The van der Waals surface area contributed by atoms with Crippen LogP contribution in [0.1, 0.15) is 44.6 Å². The molecule has 3 heteroatoms. The molecule has 2 unspecified atom stereocenters. The van der Waals surface area contributed by atoms with Gasteiger partial charge in [0.1, 0.15) is 5.82 Å². The number of hydrogen-bond donors (Lipinski definition) is 1. The highest BCUT2D eigenvalue weighted by atomic mass is 14.9. The van der Waals surface area contributed by atoms with E-state index in [0.717, 1.165) is 24.4 Å². The van der Waals surface area contributed by atoms with Gasteiger partial charge < -0.3 is 5.73 Å². The van der Waals surface area contributed by atoms with Gasteiger partial charge in [0.25, 0.3) is 0 Å². The monoisotopic (exact) mass is 193 g/mol. The van der Waals surface area contributed by atoms with E-state index in [0.29, 0.717) is 5.92 Å². The van der Waals surface area contributed by atoms with Gasteiger partial charge in [-0.3, -0.25) is 0 Å². The summed E-state index contributed by atoms with van der Waals surface area (Å²) >= 11 is 0. The number of nitrogens with two attached hydrogens (primary N) is 1. The third-order valence-corrected chi connectivity index (χ3v) is 2.32. The zero-order valence-electron chi connectivity index (χ0n) is 9.20. The van der Waals surface area contributed by atoms with Crippen LogP contribution in [-0.2, 0) is 6.42 Å². The Morgan fingerprint density at radius 1 is 1.43 bits per heavy atom. The topological polar surface area (TPSA) is 51.8 Å². The van der Waals surface area contributed by atoms with Crippen molar-refractivity contribution in [2.24, 2.45) is 5.73 Å². The Morgan fingerprint density at radius 3 is 2.71 bits per heavy atom. The highest BCUT2D eigenvalue weighted by Crippen LogP contribution is 2.13. The molecule has 0 radical (unpaired) electrons. The van der Waals surface area contributed by atoms with Crippen molar-refractivity contribution in [3.8, 4) is 0 Å². The average molecular weight is 193 g/mol. The van der Waals surface area contributed by atoms with Crippen LogP contribution in [0.15, 0.2) is 12.3 Å². The lowest BCUT2D eigenvalue weighted by atomic mass is 10.1. The smallest absolute Gasteiger partial charge is 0.131 e. The minimum atomic E-state index is 0.162. The van der Waals surface area contributed by atoms with Gasteiger partial charge in [-0.05, 0) is 19.4 Å². The predicted octanol–water partition coefficient (Wildman–Crippen LogP) is 1.88. The van der Waals surface area contributed by atoms with Crippen LogP contribution in [0, 0.1) is 0 Å². The van der Waals surface area contributed by atoms with Crippen LogP contribution in [0.2, 0.25) is 0 Å². The molecule has 2 atom stereocenters. The van der Waals surface area contributed by atoms with Crippen molar-refractivity contribution >= 4 is 0 Å². The minimum absolute atomic E-state index is 0.162. The number of rotatable bonds is 4. The first-order chi connectivity index (χ1) is 6.63. The Labute approximate surface area is 85.8 Å². The molecule has 0 aromatic carbocycles. The van der Waals surface area contributed by atoms with E-state index in [9.17, 15) is 0 Å². The molecule has 2 N–H and O–H groups in total. The first-order valence-electron chi connectivity index (χ1n) is 5.20. The maximum Gasteiger partial charge on any atom is 0.131 e. The van der Waals surface area contributed by atoms with Gasteiger partial charge in [-0.1, -0.05) is 13.8 Å². The summed E-state index contributed by atoms with van der Waals surface area (Å²) < 4.78 is 0. The quantitative estimate of drug-likeness (QED) is 0.794. The van der Waals surface area contributed by atoms with Crippen molar-refractivity contribution in [1.82, 2.24) is 9.97 Å².